The maximum atomic E-state index is 12.1. The van der Waals surface area contributed by atoms with Crippen molar-refractivity contribution in [2.45, 2.75) is 83.5 Å². The molecule has 0 fully saturated rings. The highest BCUT2D eigenvalue weighted by Crippen LogP contribution is 2.43. The van der Waals surface area contributed by atoms with Crippen LogP contribution in [0.25, 0.3) is 0 Å². The normalized spacial score (nSPS) is 16.3. The largest absolute Gasteiger partial charge is 0.472 e. The van der Waals surface area contributed by atoms with Gasteiger partial charge in [-0.3, -0.25) is 18.6 Å². The molecule has 0 aliphatic rings. The Hall–Kier alpha value is -2.11. The number of rotatable bonds is 24. The lowest BCUT2D eigenvalue weighted by Crippen LogP contribution is -2.37. The Morgan fingerprint density at radius 3 is 2.02 bits per heavy atom. The number of unbranched alkanes of at least 4 members (excludes halogenated alkanes) is 2. The summed E-state index contributed by atoms with van der Waals surface area (Å²) in [6.07, 6.45) is 17.9. The molecule has 4 atom stereocenters. The number of allylic oxidation sites excluding steroid dienone is 6. The SMILES string of the molecule is CCCCC[C@H](O)/C=C/C=C\C/C=C\C=C\[C@H](O)CCCC(=O)OC[C@H](COP(=O)(O)OCC[N+](C)(C)C)OC(C)=O. The number of likely N-dealkylation sites (N-methyl/N-ethyl adjacent to an activating group) is 1. The molecule has 0 spiro atoms. The van der Waals surface area contributed by atoms with Crippen molar-refractivity contribution in [3.63, 3.8) is 0 Å². The molecule has 0 aliphatic carbocycles. The molecule has 42 heavy (non-hydrogen) atoms. The van der Waals surface area contributed by atoms with E-state index in [9.17, 15) is 29.3 Å². The number of aliphatic hydroxyl groups is 2. The summed E-state index contributed by atoms with van der Waals surface area (Å²) in [6, 6.07) is 0. The second-order valence-electron chi connectivity index (χ2n) is 10.9. The first-order chi connectivity index (χ1) is 19.7. The number of aliphatic hydroxyl groups excluding tert-OH is 2. The van der Waals surface area contributed by atoms with Gasteiger partial charge in [0.1, 0.15) is 19.8 Å². The molecule has 0 amide bonds. The Bertz CT molecular complexity index is 910. The zero-order chi connectivity index (χ0) is 31.9. The van der Waals surface area contributed by atoms with Crippen molar-refractivity contribution in [2.24, 2.45) is 0 Å². The van der Waals surface area contributed by atoms with Crippen molar-refractivity contribution in [1.82, 2.24) is 0 Å². The van der Waals surface area contributed by atoms with Gasteiger partial charge in [-0.2, -0.15) is 0 Å². The molecule has 0 rings (SSSR count). The number of esters is 2. The van der Waals surface area contributed by atoms with E-state index in [-0.39, 0.29) is 19.6 Å². The monoisotopic (exact) mass is 618 g/mol. The average molecular weight is 619 g/mol. The van der Waals surface area contributed by atoms with Gasteiger partial charge in [0.15, 0.2) is 6.10 Å². The van der Waals surface area contributed by atoms with E-state index >= 15 is 0 Å². The molecule has 0 aliphatic heterocycles. The van der Waals surface area contributed by atoms with Gasteiger partial charge in [-0.1, -0.05) is 74.8 Å². The third-order valence-corrected chi connectivity index (χ3v) is 6.60. The molecule has 1 unspecified atom stereocenters. The summed E-state index contributed by atoms with van der Waals surface area (Å²) in [6.45, 7) is 2.91. The Kier molecular flexibility index (Phi) is 22.2. The Balaban J connectivity index is 4.27. The lowest BCUT2D eigenvalue weighted by Gasteiger charge is -2.24. The van der Waals surface area contributed by atoms with Crippen LogP contribution in [0, 0.1) is 0 Å². The third kappa shape index (κ3) is 26.8. The van der Waals surface area contributed by atoms with Gasteiger partial charge < -0.3 is 29.1 Å². The molecule has 0 aromatic heterocycles. The number of phosphoric acid groups is 1. The maximum Gasteiger partial charge on any atom is 0.472 e. The molecule has 12 heteroatoms. The molecule has 0 aromatic rings. The van der Waals surface area contributed by atoms with E-state index in [0.29, 0.717) is 30.3 Å². The van der Waals surface area contributed by atoms with E-state index < -0.39 is 44.7 Å². The van der Waals surface area contributed by atoms with Crippen LogP contribution in [0.1, 0.15) is 65.2 Å². The average Bonchev–Trinajstić information content (AvgIpc) is 2.88. The zero-order valence-electron chi connectivity index (χ0n) is 25.9. The molecule has 0 heterocycles. The number of hydrogen-bond acceptors (Lipinski definition) is 9. The predicted octanol–water partition coefficient (Wildman–Crippen LogP) is 4.39. The van der Waals surface area contributed by atoms with E-state index in [1.54, 1.807) is 18.2 Å². The molecular weight excluding hydrogens is 565 g/mol. The summed E-state index contributed by atoms with van der Waals surface area (Å²) < 4.78 is 32.5. The van der Waals surface area contributed by atoms with Crippen molar-refractivity contribution in [3.05, 3.63) is 48.6 Å². The first-order valence-corrected chi connectivity index (χ1v) is 16.0. The first-order valence-electron chi connectivity index (χ1n) is 14.5. The number of ether oxygens (including phenoxy) is 2. The fourth-order valence-electron chi connectivity index (χ4n) is 3.28. The van der Waals surface area contributed by atoms with E-state index in [1.807, 2.05) is 51.5 Å². The van der Waals surface area contributed by atoms with Gasteiger partial charge in [-0.25, -0.2) is 4.57 Å². The molecule has 0 saturated heterocycles. The minimum absolute atomic E-state index is 0.0111. The summed E-state index contributed by atoms with van der Waals surface area (Å²) >= 11 is 0. The van der Waals surface area contributed by atoms with Crippen LogP contribution in [-0.2, 0) is 32.7 Å². The molecule has 3 N–H and O–H groups in total. The maximum absolute atomic E-state index is 12.1. The van der Waals surface area contributed by atoms with Gasteiger partial charge in [0.2, 0.25) is 0 Å². The van der Waals surface area contributed by atoms with Gasteiger partial charge in [-0.15, -0.1) is 0 Å². The summed E-state index contributed by atoms with van der Waals surface area (Å²) in [5.41, 5.74) is 0. The number of hydrogen-bond donors (Lipinski definition) is 3. The molecular formula is C30H53NO10P+. The lowest BCUT2D eigenvalue weighted by molar-refractivity contribution is -0.870. The number of carbonyl (C=O) groups is 2. The van der Waals surface area contributed by atoms with Gasteiger partial charge in [-0.05, 0) is 25.7 Å². The summed E-state index contributed by atoms with van der Waals surface area (Å²) in [4.78, 5) is 33.3. The second kappa shape index (κ2) is 23.4. The van der Waals surface area contributed by atoms with Gasteiger partial charge in [0, 0.05) is 13.3 Å². The molecule has 0 bridgehead atoms. The minimum atomic E-state index is -4.38. The van der Waals surface area contributed by atoms with Crippen LogP contribution in [0.5, 0.6) is 0 Å². The highest BCUT2D eigenvalue weighted by Gasteiger charge is 2.26. The van der Waals surface area contributed by atoms with Gasteiger partial charge in [0.25, 0.3) is 0 Å². The Morgan fingerprint density at radius 2 is 1.48 bits per heavy atom. The van der Waals surface area contributed by atoms with Crippen LogP contribution in [0.15, 0.2) is 48.6 Å². The van der Waals surface area contributed by atoms with Crippen LogP contribution in [0.3, 0.4) is 0 Å². The summed E-state index contributed by atoms with van der Waals surface area (Å²) in [5.74, 6) is -1.23. The fraction of sp³-hybridized carbons (Fsp3) is 0.667. The van der Waals surface area contributed by atoms with Gasteiger partial charge >= 0.3 is 19.8 Å². The standard InChI is InChI=1S/C30H52NO10P/c1-6-7-13-17-27(33)18-14-11-9-8-10-12-15-19-28(34)20-16-21-30(35)38-24-29(41-26(2)32)25-40-42(36,37)39-23-22-31(3,4)5/h9-12,14-15,18-19,27-29,33-34H,6-8,13,16-17,20-25H2,1-5H3/p+1/b11-9-,12-10-,18-14+,19-15+/t27-,28-,29+/m0/s1. The Morgan fingerprint density at radius 1 is 0.881 bits per heavy atom. The fourth-order valence-corrected chi connectivity index (χ4v) is 4.02. The van der Waals surface area contributed by atoms with Crippen LogP contribution in [0.4, 0.5) is 0 Å². The van der Waals surface area contributed by atoms with E-state index in [4.69, 9.17) is 18.5 Å². The third-order valence-electron chi connectivity index (χ3n) is 5.62. The topological polar surface area (TPSA) is 149 Å². The zero-order valence-corrected chi connectivity index (χ0v) is 26.8. The van der Waals surface area contributed by atoms with Crippen molar-refractivity contribution in [1.29, 1.82) is 0 Å². The first kappa shape index (κ1) is 39.9. The lowest BCUT2D eigenvalue weighted by atomic mass is 10.1. The molecule has 0 aromatic carbocycles. The van der Waals surface area contributed by atoms with Crippen molar-refractivity contribution < 1.29 is 52.3 Å². The number of nitrogens with zero attached hydrogens (tertiary/aromatic N) is 1. The van der Waals surface area contributed by atoms with Crippen LogP contribution in [-0.4, -0.2) is 97.3 Å². The van der Waals surface area contributed by atoms with Gasteiger partial charge in [0.05, 0.1) is 40.0 Å². The highest BCUT2D eigenvalue weighted by atomic mass is 31.2. The summed E-state index contributed by atoms with van der Waals surface area (Å²) in [7, 11) is 1.33. The van der Waals surface area contributed by atoms with E-state index in [0.717, 1.165) is 32.6 Å². The minimum Gasteiger partial charge on any atom is -0.462 e. The van der Waals surface area contributed by atoms with E-state index in [1.165, 1.54) is 0 Å². The number of carbonyl (C=O) groups excluding carboxylic acids is 2. The molecule has 242 valence electrons. The van der Waals surface area contributed by atoms with Crippen LogP contribution < -0.4 is 0 Å². The van der Waals surface area contributed by atoms with Crippen LogP contribution >= 0.6 is 7.82 Å². The smallest absolute Gasteiger partial charge is 0.462 e. The van der Waals surface area contributed by atoms with Crippen molar-refractivity contribution in [2.75, 3.05) is 47.5 Å². The summed E-state index contributed by atoms with van der Waals surface area (Å²) in [5, 5.41) is 19.9. The van der Waals surface area contributed by atoms with Crippen molar-refractivity contribution >= 4 is 19.8 Å². The Labute approximate surface area is 251 Å². The highest BCUT2D eigenvalue weighted by molar-refractivity contribution is 7.47. The second-order valence-corrected chi connectivity index (χ2v) is 12.4. The molecule has 0 radical (unpaired) electrons. The molecule has 0 saturated carbocycles. The van der Waals surface area contributed by atoms with Crippen molar-refractivity contribution in [3.8, 4) is 0 Å². The predicted molar refractivity (Wildman–Crippen MR) is 162 cm³/mol. The number of phosphoric ester groups is 1. The van der Waals surface area contributed by atoms with Crippen LogP contribution in [0.2, 0.25) is 0 Å². The van der Waals surface area contributed by atoms with E-state index in [2.05, 4.69) is 6.92 Å². The quantitative estimate of drug-likeness (QED) is 0.0468. The number of quaternary nitrogens is 1. The molecule has 11 nitrogen and oxygen atoms in total.